The van der Waals surface area contributed by atoms with Crippen molar-refractivity contribution in [1.82, 2.24) is 10.6 Å². The summed E-state index contributed by atoms with van der Waals surface area (Å²) in [6, 6.07) is 7.66. The van der Waals surface area contributed by atoms with Gasteiger partial charge in [-0.2, -0.15) is 0 Å². The molecular weight excluding hydrogens is 248 g/mol. The van der Waals surface area contributed by atoms with Crippen LogP contribution in [-0.4, -0.2) is 25.5 Å². The number of hydrogen-bond donors (Lipinski definition) is 2. The fraction of sp³-hybridized carbons (Fsp3) is 0.500. The van der Waals surface area contributed by atoms with Gasteiger partial charge in [-0.15, -0.1) is 0 Å². The molecule has 3 nitrogen and oxygen atoms in total. The van der Waals surface area contributed by atoms with Crippen LogP contribution in [0, 0.1) is 5.92 Å². The van der Waals surface area contributed by atoms with Gasteiger partial charge in [0.25, 0.3) is 0 Å². The maximum absolute atomic E-state index is 11.7. The van der Waals surface area contributed by atoms with Crippen LogP contribution in [-0.2, 0) is 11.2 Å². The number of rotatable bonds is 5. The van der Waals surface area contributed by atoms with Gasteiger partial charge in [0.1, 0.15) is 0 Å². The molecule has 2 rings (SSSR count). The van der Waals surface area contributed by atoms with Crippen LogP contribution in [0.15, 0.2) is 24.3 Å². The molecular formula is C14H19ClN2O. The minimum Gasteiger partial charge on any atom is -0.356 e. The molecule has 1 aromatic carbocycles. The summed E-state index contributed by atoms with van der Waals surface area (Å²) in [7, 11) is 0. The first-order chi connectivity index (χ1) is 8.74. The fourth-order valence-electron chi connectivity index (χ4n) is 2.14. The van der Waals surface area contributed by atoms with Gasteiger partial charge in [-0.1, -0.05) is 23.7 Å². The van der Waals surface area contributed by atoms with Crippen molar-refractivity contribution in [3.05, 3.63) is 34.9 Å². The Morgan fingerprint density at radius 2 is 2.17 bits per heavy atom. The molecule has 1 unspecified atom stereocenters. The zero-order valence-electron chi connectivity index (χ0n) is 10.4. The van der Waals surface area contributed by atoms with Crippen molar-refractivity contribution < 1.29 is 4.79 Å². The molecule has 1 aliphatic rings. The van der Waals surface area contributed by atoms with Crippen molar-refractivity contribution in [3.63, 3.8) is 0 Å². The molecule has 0 aliphatic carbocycles. The van der Waals surface area contributed by atoms with Gasteiger partial charge < -0.3 is 10.6 Å². The van der Waals surface area contributed by atoms with Gasteiger partial charge in [0.05, 0.1) is 0 Å². The Labute approximate surface area is 113 Å². The molecule has 0 spiro atoms. The topological polar surface area (TPSA) is 41.1 Å². The molecule has 1 aliphatic heterocycles. The van der Waals surface area contributed by atoms with Gasteiger partial charge in [0.15, 0.2) is 0 Å². The maximum atomic E-state index is 11.7. The highest BCUT2D eigenvalue weighted by atomic mass is 35.5. The third-order valence-electron chi connectivity index (χ3n) is 3.30. The van der Waals surface area contributed by atoms with Crippen LogP contribution in [0.4, 0.5) is 0 Å². The molecule has 1 fully saturated rings. The van der Waals surface area contributed by atoms with Crippen molar-refractivity contribution in [3.8, 4) is 0 Å². The molecule has 1 saturated heterocycles. The number of carbonyl (C=O) groups excluding carboxylic acids is 1. The lowest BCUT2D eigenvalue weighted by atomic mass is 10.1. The summed E-state index contributed by atoms with van der Waals surface area (Å²) in [5.41, 5.74) is 1.15. The van der Waals surface area contributed by atoms with E-state index >= 15 is 0 Å². The Morgan fingerprint density at radius 3 is 2.83 bits per heavy atom. The molecule has 1 heterocycles. The molecule has 0 radical (unpaired) electrons. The Bertz CT molecular complexity index is 385. The summed E-state index contributed by atoms with van der Waals surface area (Å²) in [6.07, 6.45) is 2.48. The Balaban J connectivity index is 1.66. The molecule has 0 bridgehead atoms. The van der Waals surface area contributed by atoms with E-state index in [2.05, 4.69) is 10.6 Å². The first-order valence-electron chi connectivity index (χ1n) is 6.46. The number of nitrogens with one attached hydrogen (secondary N) is 2. The Kier molecular flexibility index (Phi) is 5.02. The number of hydrogen-bond acceptors (Lipinski definition) is 2. The zero-order chi connectivity index (χ0) is 12.8. The van der Waals surface area contributed by atoms with Crippen LogP contribution in [0.25, 0.3) is 0 Å². The van der Waals surface area contributed by atoms with Crippen LogP contribution in [0.2, 0.25) is 5.02 Å². The van der Waals surface area contributed by atoms with E-state index in [1.807, 2.05) is 24.3 Å². The monoisotopic (exact) mass is 266 g/mol. The van der Waals surface area contributed by atoms with Gasteiger partial charge in [-0.3, -0.25) is 4.79 Å². The van der Waals surface area contributed by atoms with Crippen LogP contribution < -0.4 is 10.6 Å². The van der Waals surface area contributed by atoms with E-state index in [0.717, 1.165) is 43.1 Å². The largest absolute Gasteiger partial charge is 0.356 e. The smallest absolute Gasteiger partial charge is 0.220 e. The normalized spacial score (nSPS) is 18.8. The van der Waals surface area contributed by atoms with E-state index in [0.29, 0.717) is 12.3 Å². The number of carbonyl (C=O) groups is 1. The highest BCUT2D eigenvalue weighted by Gasteiger charge is 2.14. The Morgan fingerprint density at radius 1 is 1.39 bits per heavy atom. The summed E-state index contributed by atoms with van der Waals surface area (Å²) in [5.74, 6) is 0.737. The number of halogens is 1. The van der Waals surface area contributed by atoms with Crippen LogP contribution >= 0.6 is 11.6 Å². The predicted molar refractivity (Wildman–Crippen MR) is 73.8 cm³/mol. The lowest BCUT2D eigenvalue weighted by molar-refractivity contribution is -0.121. The second-order valence-electron chi connectivity index (χ2n) is 4.79. The molecule has 0 aromatic heterocycles. The van der Waals surface area contributed by atoms with E-state index in [1.54, 1.807) is 0 Å². The van der Waals surface area contributed by atoms with Crippen molar-refractivity contribution in [1.29, 1.82) is 0 Å². The zero-order valence-corrected chi connectivity index (χ0v) is 11.2. The number of benzene rings is 1. The first kappa shape index (κ1) is 13.4. The van der Waals surface area contributed by atoms with Crippen molar-refractivity contribution in [2.24, 2.45) is 5.92 Å². The first-order valence-corrected chi connectivity index (χ1v) is 6.83. The minimum absolute atomic E-state index is 0.136. The summed E-state index contributed by atoms with van der Waals surface area (Å²) in [6.45, 7) is 2.90. The fourth-order valence-corrected chi connectivity index (χ4v) is 2.27. The highest BCUT2D eigenvalue weighted by Crippen LogP contribution is 2.11. The quantitative estimate of drug-likeness (QED) is 0.856. The molecule has 1 atom stereocenters. The summed E-state index contributed by atoms with van der Waals surface area (Å²) >= 11 is 5.81. The lowest BCUT2D eigenvalue weighted by Crippen LogP contribution is -2.30. The van der Waals surface area contributed by atoms with Gasteiger partial charge in [-0.05, 0) is 49.5 Å². The van der Waals surface area contributed by atoms with Gasteiger partial charge in [0, 0.05) is 18.0 Å². The summed E-state index contributed by atoms with van der Waals surface area (Å²) in [5, 5.41) is 7.03. The molecule has 4 heteroatoms. The van der Waals surface area contributed by atoms with Crippen LogP contribution in [0.1, 0.15) is 18.4 Å². The Hall–Kier alpha value is -1.06. The van der Waals surface area contributed by atoms with E-state index < -0.39 is 0 Å². The van der Waals surface area contributed by atoms with E-state index in [1.165, 1.54) is 0 Å². The molecule has 18 heavy (non-hydrogen) atoms. The molecule has 1 amide bonds. The predicted octanol–water partition coefficient (Wildman–Crippen LogP) is 2.00. The average Bonchev–Trinajstić information content (AvgIpc) is 2.89. The van der Waals surface area contributed by atoms with Gasteiger partial charge in [0.2, 0.25) is 5.91 Å². The molecule has 2 N–H and O–H groups in total. The third-order valence-corrected chi connectivity index (χ3v) is 3.56. The minimum atomic E-state index is 0.136. The molecule has 0 saturated carbocycles. The number of amides is 1. The van der Waals surface area contributed by atoms with Crippen molar-refractivity contribution in [2.45, 2.75) is 19.3 Å². The van der Waals surface area contributed by atoms with Gasteiger partial charge >= 0.3 is 0 Å². The van der Waals surface area contributed by atoms with E-state index in [4.69, 9.17) is 11.6 Å². The average molecular weight is 267 g/mol. The second kappa shape index (κ2) is 6.76. The van der Waals surface area contributed by atoms with Gasteiger partial charge in [-0.25, -0.2) is 0 Å². The highest BCUT2D eigenvalue weighted by molar-refractivity contribution is 6.30. The van der Waals surface area contributed by atoms with E-state index in [9.17, 15) is 4.79 Å². The SMILES string of the molecule is O=C(CCc1ccc(Cl)cc1)NCC1CCNC1. The third kappa shape index (κ3) is 4.31. The molecule has 1 aromatic rings. The summed E-state index contributed by atoms with van der Waals surface area (Å²) in [4.78, 5) is 11.7. The van der Waals surface area contributed by atoms with Crippen LogP contribution in [0.5, 0.6) is 0 Å². The van der Waals surface area contributed by atoms with Crippen molar-refractivity contribution in [2.75, 3.05) is 19.6 Å². The maximum Gasteiger partial charge on any atom is 0.220 e. The standard InChI is InChI=1S/C14H19ClN2O/c15-13-4-1-11(2-5-13)3-6-14(18)17-10-12-7-8-16-9-12/h1-2,4-5,12,16H,3,6-10H2,(H,17,18). The molecule has 98 valence electrons. The second-order valence-corrected chi connectivity index (χ2v) is 5.23. The summed E-state index contributed by atoms with van der Waals surface area (Å²) < 4.78 is 0. The van der Waals surface area contributed by atoms with Crippen LogP contribution in [0.3, 0.4) is 0 Å². The van der Waals surface area contributed by atoms with Crippen molar-refractivity contribution >= 4 is 17.5 Å². The number of aryl methyl sites for hydroxylation is 1. The lowest BCUT2D eigenvalue weighted by Gasteiger charge is -2.10. The van der Waals surface area contributed by atoms with E-state index in [-0.39, 0.29) is 5.91 Å².